The summed E-state index contributed by atoms with van der Waals surface area (Å²) in [5, 5.41) is 7.04. The monoisotopic (exact) mass is 213 g/mol. The number of carbonyl (C=O) groups is 1. The van der Waals surface area contributed by atoms with Gasteiger partial charge in [0.2, 0.25) is 5.24 Å². The molecule has 0 aromatic heterocycles. The Balaban J connectivity index is 2.93. The number of carbonyl (C=O) groups excluding carboxylic acids is 1. The summed E-state index contributed by atoms with van der Waals surface area (Å²) < 4.78 is 0. The summed E-state index contributed by atoms with van der Waals surface area (Å²) in [6.07, 6.45) is 0. The van der Waals surface area contributed by atoms with Gasteiger partial charge in [-0.25, -0.2) is 0 Å². The predicted molar refractivity (Wildman–Crippen MR) is 50.6 cm³/mol. The normalized spacial score (nSPS) is 11.8. The van der Waals surface area contributed by atoms with Gasteiger partial charge in [-0.15, -0.1) is 11.6 Å². The zero-order chi connectivity index (χ0) is 9.84. The minimum absolute atomic E-state index is 0.523. The van der Waals surface area contributed by atoms with Crippen LogP contribution < -0.4 is 0 Å². The number of nitrogens with zero attached hydrogens (tertiary/aromatic N) is 1. The summed E-state index contributed by atoms with van der Waals surface area (Å²) in [4.78, 5) is 10.7. The van der Waals surface area contributed by atoms with E-state index in [1.54, 1.807) is 24.3 Å². The summed E-state index contributed by atoms with van der Waals surface area (Å²) in [5.74, 6) is 0. The molecule has 2 nitrogen and oxygen atoms in total. The third-order valence-corrected chi connectivity index (χ3v) is 2.31. The van der Waals surface area contributed by atoms with Gasteiger partial charge in [-0.05, 0) is 29.3 Å². The first kappa shape index (κ1) is 10.0. The van der Waals surface area contributed by atoms with E-state index < -0.39 is 10.6 Å². The van der Waals surface area contributed by atoms with Crippen LogP contribution in [-0.4, -0.2) is 5.24 Å². The molecule has 0 bridgehead atoms. The Morgan fingerprint density at radius 2 is 1.92 bits per heavy atom. The molecule has 0 radical (unpaired) electrons. The summed E-state index contributed by atoms with van der Waals surface area (Å²) in [5.41, 5.74) is 1.12. The van der Waals surface area contributed by atoms with Crippen molar-refractivity contribution in [2.75, 3.05) is 0 Å². The van der Waals surface area contributed by atoms with Crippen molar-refractivity contribution in [1.82, 2.24) is 0 Å². The molecule has 0 fully saturated rings. The van der Waals surface area contributed by atoms with E-state index in [1.165, 1.54) is 0 Å². The molecule has 0 saturated carbocycles. The third-order valence-electron chi connectivity index (χ3n) is 1.53. The number of rotatable bonds is 2. The van der Waals surface area contributed by atoms with Crippen LogP contribution in [0.15, 0.2) is 24.3 Å². The van der Waals surface area contributed by atoms with Gasteiger partial charge in [-0.3, -0.25) is 4.79 Å². The molecule has 1 aromatic carbocycles. The Kier molecular flexibility index (Phi) is 3.30. The molecule has 0 aliphatic carbocycles. The highest BCUT2D eigenvalue weighted by molar-refractivity contribution is 6.68. The van der Waals surface area contributed by atoms with Crippen LogP contribution in [-0.2, 0) is 4.79 Å². The average molecular weight is 214 g/mol. The highest BCUT2D eigenvalue weighted by Crippen LogP contribution is 2.22. The molecule has 1 atom stereocenters. The molecule has 13 heavy (non-hydrogen) atoms. The first-order valence-corrected chi connectivity index (χ1v) is 4.30. The van der Waals surface area contributed by atoms with Gasteiger partial charge in [-0.1, -0.05) is 12.1 Å². The van der Waals surface area contributed by atoms with Crippen LogP contribution >= 0.6 is 23.2 Å². The Hall–Kier alpha value is -1.04. The molecule has 0 spiro atoms. The first-order valence-electron chi connectivity index (χ1n) is 3.48. The van der Waals surface area contributed by atoms with Crippen LogP contribution in [0.3, 0.4) is 0 Å². The molecule has 0 N–H and O–H groups in total. The molecule has 0 aliphatic rings. The summed E-state index contributed by atoms with van der Waals surface area (Å²) in [6.45, 7) is 0. The van der Waals surface area contributed by atoms with Crippen molar-refractivity contribution >= 4 is 28.4 Å². The van der Waals surface area contributed by atoms with Gasteiger partial charge < -0.3 is 0 Å². The van der Waals surface area contributed by atoms with Crippen LogP contribution in [0.1, 0.15) is 16.5 Å². The fraction of sp³-hybridized carbons (Fsp3) is 0.111. The van der Waals surface area contributed by atoms with Gasteiger partial charge in [0.05, 0.1) is 11.6 Å². The number of hydrogen-bond acceptors (Lipinski definition) is 2. The summed E-state index contributed by atoms with van der Waals surface area (Å²) in [7, 11) is 0. The van der Waals surface area contributed by atoms with Crippen LogP contribution in [0.4, 0.5) is 0 Å². The molecular formula is C9H5Cl2NO. The van der Waals surface area contributed by atoms with E-state index in [0.29, 0.717) is 11.1 Å². The maximum atomic E-state index is 10.7. The Morgan fingerprint density at radius 3 is 2.31 bits per heavy atom. The van der Waals surface area contributed by atoms with Crippen molar-refractivity contribution in [3.63, 3.8) is 0 Å². The zero-order valence-corrected chi connectivity index (χ0v) is 8.01. The zero-order valence-electron chi connectivity index (χ0n) is 6.50. The molecule has 66 valence electrons. The van der Waals surface area contributed by atoms with Crippen molar-refractivity contribution in [2.24, 2.45) is 0 Å². The third kappa shape index (κ3) is 2.45. The molecule has 1 unspecified atom stereocenters. The van der Waals surface area contributed by atoms with Crippen LogP contribution in [0.2, 0.25) is 0 Å². The van der Waals surface area contributed by atoms with Crippen molar-refractivity contribution in [2.45, 2.75) is 5.38 Å². The summed E-state index contributed by atoms with van der Waals surface area (Å²) in [6, 6.07) is 8.35. The lowest BCUT2D eigenvalue weighted by atomic mass is 10.1. The molecule has 0 aliphatic heterocycles. The van der Waals surface area contributed by atoms with E-state index in [9.17, 15) is 4.79 Å². The van der Waals surface area contributed by atoms with E-state index in [-0.39, 0.29) is 0 Å². The van der Waals surface area contributed by atoms with Crippen LogP contribution in [0.5, 0.6) is 0 Å². The van der Waals surface area contributed by atoms with E-state index in [0.717, 1.165) is 0 Å². The molecule has 4 heteroatoms. The quantitative estimate of drug-likeness (QED) is 0.560. The second-order valence-electron chi connectivity index (χ2n) is 2.40. The molecular weight excluding hydrogens is 209 g/mol. The van der Waals surface area contributed by atoms with E-state index >= 15 is 0 Å². The summed E-state index contributed by atoms with van der Waals surface area (Å²) >= 11 is 10.9. The van der Waals surface area contributed by atoms with Gasteiger partial charge in [-0.2, -0.15) is 5.26 Å². The van der Waals surface area contributed by atoms with Crippen LogP contribution in [0, 0.1) is 11.3 Å². The highest BCUT2D eigenvalue weighted by Gasteiger charge is 2.14. The predicted octanol–water partition coefficient (Wildman–Crippen LogP) is 2.60. The van der Waals surface area contributed by atoms with Crippen molar-refractivity contribution < 1.29 is 4.79 Å². The van der Waals surface area contributed by atoms with Crippen molar-refractivity contribution in [3.05, 3.63) is 35.4 Å². The molecule has 1 rings (SSSR count). The van der Waals surface area contributed by atoms with Crippen LogP contribution in [0.25, 0.3) is 0 Å². The number of alkyl halides is 1. The fourth-order valence-electron chi connectivity index (χ4n) is 0.858. The number of nitriles is 1. The number of hydrogen-bond donors (Lipinski definition) is 0. The first-order chi connectivity index (χ1) is 6.15. The molecule has 0 amide bonds. The van der Waals surface area contributed by atoms with Crippen molar-refractivity contribution in [1.29, 1.82) is 5.26 Å². The van der Waals surface area contributed by atoms with Gasteiger partial charge in [0, 0.05) is 0 Å². The lowest BCUT2D eigenvalue weighted by molar-refractivity contribution is -0.111. The van der Waals surface area contributed by atoms with Gasteiger partial charge in [0.25, 0.3) is 0 Å². The lowest BCUT2D eigenvalue weighted by Crippen LogP contribution is -1.98. The fourth-order valence-corrected chi connectivity index (χ4v) is 1.13. The molecule has 1 aromatic rings. The number of benzene rings is 1. The Morgan fingerprint density at radius 1 is 1.38 bits per heavy atom. The van der Waals surface area contributed by atoms with E-state index in [2.05, 4.69) is 0 Å². The Bertz CT molecular complexity index is 353. The minimum atomic E-state index is -0.839. The topological polar surface area (TPSA) is 40.9 Å². The van der Waals surface area contributed by atoms with Gasteiger partial charge in [0.15, 0.2) is 0 Å². The van der Waals surface area contributed by atoms with Crippen molar-refractivity contribution in [3.8, 4) is 6.07 Å². The van der Waals surface area contributed by atoms with Gasteiger partial charge >= 0.3 is 0 Å². The second-order valence-corrected chi connectivity index (χ2v) is 3.21. The molecule has 0 saturated heterocycles. The standard InChI is InChI=1S/C9H5Cl2NO/c10-8(9(11)13)7-3-1-6(5-12)2-4-7/h1-4,8H. The van der Waals surface area contributed by atoms with Gasteiger partial charge in [0.1, 0.15) is 5.38 Å². The lowest BCUT2D eigenvalue weighted by Gasteiger charge is -2.03. The van der Waals surface area contributed by atoms with E-state index in [4.69, 9.17) is 28.5 Å². The van der Waals surface area contributed by atoms with E-state index in [1.807, 2.05) is 6.07 Å². The molecule has 0 heterocycles. The SMILES string of the molecule is N#Cc1ccc(C(Cl)C(=O)Cl)cc1. The smallest absolute Gasteiger partial charge is 0.244 e. The average Bonchev–Trinajstić information content (AvgIpc) is 2.17. The highest BCUT2D eigenvalue weighted by atomic mass is 35.5. The Labute approximate surface area is 85.7 Å². The largest absolute Gasteiger partial charge is 0.279 e. The number of halogens is 2. The maximum Gasteiger partial charge on any atom is 0.244 e. The maximum absolute atomic E-state index is 10.7. The second kappa shape index (κ2) is 4.27. The minimum Gasteiger partial charge on any atom is -0.279 e.